The van der Waals surface area contributed by atoms with Crippen LogP contribution in [0.1, 0.15) is 65.2 Å². The van der Waals surface area contributed by atoms with Crippen molar-refractivity contribution in [1.82, 2.24) is 15.5 Å². The first kappa shape index (κ1) is 17.1. The second-order valence-corrected chi connectivity index (χ2v) is 6.43. The predicted molar refractivity (Wildman–Crippen MR) is 91.0 cm³/mol. The number of hydrogen-bond acceptors (Lipinski definition) is 2. The van der Waals surface area contributed by atoms with Crippen LogP contribution in [0.25, 0.3) is 0 Å². The van der Waals surface area contributed by atoms with Gasteiger partial charge in [0.2, 0.25) is 5.91 Å². The molecule has 5 heteroatoms. The Kier molecular flexibility index (Phi) is 7.00. The molecule has 0 bridgehead atoms. The van der Waals surface area contributed by atoms with Crippen molar-refractivity contribution in [2.45, 2.75) is 77.3 Å². The molecule has 1 aliphatic heterocycles. The maximum atomic E-state index is 11.9. The van der Waals surface area contributed by atoms with Crippen LogP contribution in [0.15, 0.2) is 4.99 Å². The molecule has 0 aromatic carbocycles. The first-order valence-corrected chi connectivity index (χ1v) is 9.08. The maximum Gasteiger partial charge on any atom is 0.222 e. The average Bonchev–Trinajstić information content (AvgIpc) is 3.16. The molecule has 2 aliphatic rings. The van der Waals surface area contributed by atoms with Crippen LogP contribution in [-0.2, 0) is 4.79 Å². The number of amides is 1. The van der Waals surface area contributed by atoms with Crippen molar-refractivity contribution >= 4 is 11.9 Å². The molecule has 126 valence electrons. The molecule has 2 N–H and O–H groups in total. The maximum absolute atomic E-state index is 11.9. The van der Waals surface area contributed by atoms with Gasteiger partial charge in [0.05, 0.1) is 0 Å². The van der Waals surface area contributed by atoms with Crippen LogP contribution in [0.5, 0.6) is 0 Å². The minimum atomic E-state index is 0.326. The lowest BCUT2D eigenvalue weighted by molar-refractivity contribution is -0.129. The fourth-order valence-corrected chi connectivity index (χ4v) is 3.54. The van der Waals surface area contributed by atoms with Crippen LogP contribution < -0.4 is 10.6 Å². The summed E-state index contributed by atoms with van der Waals surface area (Å²) in [4.78, 5) is 18.6. The van der Waals surface area contributed by atoms with Crippen molar-refractivity contribution in [3.63, 3.8) is 0 Å². The van der Waals surface area contributed by atoms with Crippen LogP contribution in [0.3, 0.4) is 0 Å². The van der Waals surface area contributed by atoms with Crippen molar-refractivity contribution in [3.8, 4) is 0 Å². The second-order valence-electron chi connectivity index (χ2n) is 6.43. The van der Waals surface area contributed by atoms with E-state index in [0.717, 1.165) is 51.3 Å². The monoisotopic (exact) mass is 308 g/mol. The van der Waals surface area contributed by atoms with E-state index >= 15 is 0 Å². The minimum absolute atomic E-state index is 0.326. The zero-order valence-electron chi connectivity index (χ0n) is 14.2. The van der Waals surface area contributed by atoms with Gasteiger partial charge in [0.25, 0.3) is 0 Å². The number of nitrogens with one attached hydrogen (secondary N) is 2. The van der Waals surface area contributed by atoms with Gasteiger partial charge in [0.15, 0.2) is 5.96 Å². The molecular weight excluding hydrogens is 276 g/mol. The van der Waals surface area contributed by atoms with Crippen LogP contribution in [-0.4, -0.2) is 48.5 Å². The third-order valence-electron chi connectivity index (χ3n) is 4.79. The van der Waals surface area contributed by atoms with Crippen LogP contribution in [0.2, 0.25) is 0 Å². The van der Waals surface area contributed by atoms with E-state index in [9.17, 15) is 4.79 Å². The van der Waals surface area contributed by atoms with E-state index in [-0.39, 0.29) is 0 Å². The van der Waals surface area contributed by atoms with E-state index in [4.69, 9.17) is 4.99 Å². The second kappa shape index (κ2) is 9.01. The molecule has 0 aromatic rings. The van der Waals surface area contributed by atoms with Gasteiger partial charge in [-0.25, -0.2) is 0 Å². The summed E-state index contributed by atoms with van der Waals surface area (Å²) < 4.78 is 0. The van der Waals surface area contributed by atoms with Gasteiger partial charge < -0.3 is 15.5 Å². The lowest BCUT2D eigenvalue weighted by Gasteiger charge is -2.26. The van der Waals surface area contributed by atoms with E-state index in [1.807, 2.05) is 0 Å². The Labute approximate surface area is 134 Å². The Morgan fingerprint density at radius 1 is 1.32 bits per heavy atom. The lowest BCUT2D eigenvalue weighted by Crippen LogP contribution is -2.42. The molecule has 22 heavy (non-hydrogen) atoms. The number of nitrogens with zero attached hydrogens (tertiary/aromatic N) is 2. The van der Waals surface area contributed by atoms with Crippen LogP contribution >= 0.6 is 0 Å². The van der Waals surface area contributed by atoms with Gasteiger partial charge in [-0.05, 0) is 39.0 Å². The summed E-state index contributed by atoms with van der Waals surface area (Å²) in [6.45, 7) is 6.87. The zero-order valence-corrected chi connectivity index (χ0v) is 14.2. The third-order valence-corrected chi connectivity index (χ3v) is 4.79. The lowest BCUT2D eigenvalue weighted by atomic mass is 10.1. The summed E-state index contributed by atoms with van der Waals surface area (Å²) in [6, 6.07) is 0.938. The number of rotatable bonds is 7. The SMILES string of the molecule is CCNC(=NCCC(CC)N1CCCC1=O)NC1CCCC1. The van der Waals surface area contributed by atoms with Crippen molar-refractivity contribution in [2.75, 3.05) is 19.6 Å². The molecule has 1 saturated heterocycles. The number of carbonyl (C=O) groups is 1. The Morgan fingerprint density at radius 2 is 2.09 bits per heavy atom. The molecule has 1 aliphatic carbocycles. The molecule has 2 fully saturated rings. The Hall–Kier alpha value is -1.26. The van der Waals surface area contributed by atoms with Gasteiger partial charge >= 0.3 is 0 Å². The van der Waals surface area contributed by atoms with Gasteiger partial charge in [-0.1, -0.05) is 19.8 Å². The third kappa shape index (κ3) is 4.89. The van der Waals surface area contributed by atoms with E-state index in [0.29, 0.717) is 18.0 Å². The molecule has 2 rings (SSSR count). The standard InChI is InChI=1S/C17H32N4O/c1-3-15(21-13-7-10-16(21)22)11-12-19-17(18-4-2)20-14-8-5-6-9-14/h14-15H,3-13H2,1-2H3,(H2,18,19,20). The van der Waals surface area contributed by atoms with Gasteiger partial charge in [-0.2, -0.15) is 0 Å². The highest BCUT2D eigenvalue weighted by Gasteiger charge is 2.26. The average molecular weight is 308 g/mol. The van der Waals surface area contributed by atoms with Gasteiger partial charge in [0.1, 0.15) is 0 Å². The molecule has 5 nitrogen and oxygen atoms in total. The summed E-state index contributed by atoms with van der Waals surface area (Å²) in [7, 11) is 0. The molecule has 0 radical (unpaired) electrons. The molecular formula is C17H32N4O. The zero-order chi connectivity index (χ0) is 15.8. The summed E-state index contributed by atoms with van der Waals surface area (Å²) in [5, 5.41) is 6.88. The van der Waals surface area contributed by atoms with Crippen LogP contribution in [0.4, 0.5) is 0 Å². The number of likely N-dealkylation sites (tertiary alicyclic amines) is 1. The highest BCUT2D eigenvalue weighted by atomic mass is 16.2. The summed E-state index contributed by atoms with van der Waals surface area (Å²) in [5.41, 5.74) is 0. The van der Waals surface area contributed by atoms with Crippen molar-refractivity contribution < 1.29 is 4.79 Å². The number of aliphatic imine (C=N–C) groups is 1. The predicted octanol–water partition coefficient (Wildman–Crippen LogP) is 2.28. The van der Waals surface area contributed by atoms with Crippen LogP contribution in [0, 0.1) is 0 Å². The fourth-order valence-electron chi connectivity index (χ4n) is 3.54. The van der Waals surface area contributed by atoms with Gasteiger partial charge in [-0.3, -0.25) is 9.79 Å². The first-order valence-electron chi connectivity index (χ1n) is 9.08. The Bertz CT molecular complexity index is 377. The number of hydrogen-bond donors (Lipinski definition) is 2. The number of guanidine groups is 1. The van der Waals surface area contributed by atoms with Gasteiger partial charge in [0, 0.05) is 38.1 Å². The Balaban J connectivity index is 1.81. The highest BCUT2D eigenvalue weighted by molar-refractivity contribution is 5.80. The molecule has 1 amide bonds. The van der Waals surface area contributed by atoms with Crippen molar-refractivity contribution in [1.29, 1.82) is 0 Å². The molecule has 0 aromatic heterocycles. The largest absolute Gasteiger partial charge is 0.357 e. The van der Waals surface area contributed by atoms with E-state index in [1.165, 1.54) is 25.7 Å². The smallest absolute Gasteiger partial charge is 0.222 e. The fraction of sp³-hybridized carbons (Fsp3) is 0.882. The highest BCUT2D eigenvalue weighted by Crippen LogP contribution is 2.19. The molecule has 1 heterocycles. The molecule has 1 atom stereocenters. The normalized spacial score (nSPS) is 21.5. The number of carbonyl (C=O) groups excluding carboxylic acids is 1. The van der Waals surface area contributed by atoms with Gasteiger partial charge in [-0.15, -0.1) is 0 Å². The summed E-state index contributed by atoms with van der Waals surface area (Å²) in [5.74, 6) is 1.27. The van der Waals surface area contributed by atoms with E-state index in [2.05, 4.69) is 29.4 Å². The van der Waals surface area contributed by atoms with E-state index < -0.39 is 0 Å². The van der Waals surface area contributed by atoms with E-state index in [1.54, 1.807) is 0 Å². The quantitative estimate of drug-likeness (QED) is 0.560. The first-order chi connectivity index (χ1) is 10.7. The minimum Gasteiger partial charge on any atom is -0.357 e. The molecule has 0 spiro atoms. The van der Waals surface area contributed by atoms with Crippen molar-refractivity contribution in [2.24, 2.45) is 4.99 Å². The Morgan fingerprint density at radius 3 is 2.68 bits per heavy atom. The topological polar surface area (TPSA) is 56.7 Å². The molecule has 1 saturated carbocycles. The summed E-state index contributed by atoms with van der Waals surface area (Å²) >= 11 is 0. The van der Waals surface area contributed by atoms with Crippen molar-refractivity contribution in [3.05, 3.63) is 0 Å². The molecule has 1 unspecified atom stereocenters. The summed E-state index contributed by atoms with van der Waals surface area (Å²) in [6.07, 6.45) is 8.89.